The van der Waals surface area contributed by atoms with Crippen LogP contribution in [0, 0.1) is 13.8 Å². The molecule has 0 saturated heterocycles. The highest BCUT2D eigenvalue weighted by Gasteiger charge is 2.29. The lowest BCUT2D eigenvalue weighted by Gasteiger charge is -2.21. The molecule has 1 N–H and O–H groups in total. The summed E-state index contributed by atoms with van der Waals surface area (Å²) in [6.07, 6.45) is -4.03. The molecule has 0 aliphatic rings. The number of halogens is 3. The first-order chi connectivity index (χ1) is 8.83. The van der Waals surface area contributed by atoms with Gasteiger partial charge < -0.3 is 5.32 Å². The quantitative estimate of drug-likeness (QED) is 0.863. The minimum atomic E-state index is -4.13. The fourth-order valence-electron chi connectivity index (χ4n) is 1.92. The Morgan fingerprint density at radius 3 is 2.53 bits per heavy atom. The maximum atomic E-state index is 12.4. The fraction of sp³-hybridized carbons (Fsp3) is 0.692. The van der Waals surface area contributed by atoms with E-state index < -0.39 is 12.6 Å². The van der Waals surface area contributed by atoms with Crippen LogP contribution in [-0.4, -0.2) is 22.9 Å². The van der Waals surface area contributed by atoms with Crippen molar-refractivity contribution in [1.82, 2.24) is 15.5 Å². The van der Waals surface area contributed by atoms with Crippen molar-refractivity contribution < 1.29 is 13.2 Å². The molecule has 108 valence electrons. The van der Waals surface area contributed by atoms with Crippen LogP contribution in [0.15, 0.2) is 6.07 Å². The molecule has 0 aromatic carbocycles. The largest absolute Gasteiger partial charge is 0.389 e. The third-order valence-electron chi connectivity index (χ3n) is 2.87. The number of alkyl halides is 3. The van der Waals surface area contributed by atoms with Gasteiger partial charge in [-0.3, -0.25) is 0 Å². The number of rotatable bonds is 6. The molecular formula is C13H20F3N3. The molecule has 0 bridgehead atoms. The van der Waals surface area contributed by atoms with E-state index in [0.29, 0.717) is 12.2 Å². The highest BCUT2D eigenvalue weighted by atomic mass is 19.4. The van der Waals surface area contributed by atoms with Crippen LogP contribution in [0.2, 0.25) is 0 Å². The molecule has 0 spiro atoms. The van der Waals surface area contributed by atoms with Crippen molar-refractivity contribution in [3.8, 4) is 0 Å². The maximum Gasteiger partial charge on any atom is 0.389 e. The van der Waals surface area contributed by atoms with E-state index in [9.17, 15) is 13.2 Å². The van der Waals surface area contributed by atoms with E-state index in [1.807, 2.05) is 13.0 Å². The number of hydrogen-bond acceptors (Lipinski definition) is 3. The number of aryl methyl sites for hydroxylation is 2. The molecule has 19 heavy (non-hydrogen) atoms. The first kappa shape index (κ1) is 15.9. The molecule has 1 rings (SSSR count). The Bertz CT molecular complexity index is 405. The van der Waals surface area contributed by atoms with E-state index in [0.717, 1.165) is 17.7 Å². The van der Waals surface area contributed by atoms with Gasteiger partial charge in [0, 0.05) is 12.5 Å². The van der Waals surface area contributed by atoms with Crippen molar-refractivity contribution >= 4 is 0 Å². The van der Waals surface area contributed by atoms with Crippen LogP contribution >= 0.6 is 0 Å². The summed E-state index contributed by atoms with van der Waals surface area (Å²) in [7, 11) is 0. The first-order valence-corrected chi connectivity index (χ1v) is 6.44. The predicted molar refractivity (Wildman–Crippen MR) is 67.8 cm³/mol. The standard InChI is InChI=1S/C13H20F3N3/c1-4-7-17-12(5-6-13(14,15)16)11-8-9(2)18-19-10(11)3/h8,12,17H,4-7H2,1-3H3. The Morgan fingerprint density at radius 2 is 1.95 bits per heavy atom. The number of hydrogen-bond donors (Lipinski definition) is 1. The minimum absolute atomic E-state index is 0.0233. The van der Waals surface area contributed by atoms with Gasteiger partial charge in [-0.25, -0.2) is 0 Å². The summed E-state index contributed by atoms with van der Waals surface area (Å²) in [5, 5.41) is 11.1. The molecule has 0 saturated carbocycles. The van der Waals surface area contributed by atoms with Crippen molar-refractivity contribution in [3.63, 3.8) is 0 Å². The Hall–Kier alpha value is -1.17. The molecule has 1 unspecified atom stereocenters. The van der Waals surface area contributed by atoms with E-state index in [2.05, 4.69) is 15.5 Å². The molecule has 0 radical (unpaired) electrons. The summed E-state index contributed by atoms with van der Waals surface area (Å²) in [5.74, 6) is 0. The average Bonchev–Trinajstić information content (AvgIpc) is 2.32. The van der Waals surface area contributed by atoms with E-state index in [1.165, 1.54) is 0 Å². The smallest absolute Gasteiger partial charge is 0.310 e. The maximum absolute atomic E-state index is 12.4. The van der Waals surface area contributed by atoms with Gasteiger partial charge in [0.2, 0.25) is 0 Å². The van der Waals surface area contributed by atoms with Crippen LogP contribution in [0.1, 0.15) is 49.2 Å². The lowest BCUT2D eigenvalue weighted by Crippen LogP contribution is -2.25. The summed E-state index contributed by atoms with van der Waals surface area (Å²) in [6.45, 7) is 6.23. The first-order valence-electron chi connectivity index (χ1n) is 6.44. The summed E-state index contributed by atoms with van der Waals surface area (Å²) in [4.78, 5) is 0. The lowest BCUT2D eigenvalue weighted by atomic mass is 10.00. The molecule has 0 aliphatic heterocycles. The zero-order valence-corrected chi connectivity index (χ0v) is 11.5. The second kappa shape index (κ2) is 6.84. The second-order valence-electron chi connectivity index (χ2n) is 4.69. The number of aromatic nitrogens is 2. The Kier molecular flexibility index (Phi) is 5.72. The monoisotopic (exact) mass is 275 g/mol. The van der Waals surface area contributed by atoms with Gasteiger partial charge in [0.1, 0.15) is 0 Å². The lowest BCUT2D eigenvalue weighted by molar-refractivity contribution is -0.136. The summed E-state index contributed by atoms with van der Waals surface area (Å²) < 4.78 is 37.1. The van der Waals surface area contributed by atoms with E-state index in [-0.39, 0.29) is 12.5 Å². The molecule has 1 aromatic rings. The van der Waals surface area contributed by atoms with E-state index in [1.54, 1.807) is 13.8 Å². The van der Waals surface area contributed by atoms with Gasteiger partial charge in [-0.1, -0.05) is 6.92 Å². The topological polar surface area (TPSA) is 37.8 Å². The molecule has 0 fully saturated rings. The van der Waals surface area contributed by atoms with Gasteiger partial charge in [-0.15, -0.1) is 0 Å². The molecule has 1 atom stereocenters. The highest BCUT2D eigenvalue weighted by molar-refractivity contribution is 5.23. The van der Waals surface area contributed by atoms with E-state index in [4.69, 9.17) is 0 Å². The highest BCUT2D eigenvalue weighted by Crippen LogP contribution is 2.28. The molecular weight excluding hydrogens is 255 g/mol. The van der Waals surface area contributed by atoms with Gasteiger partial charge in [0.15, 0.2) is 0 Å². The molecule has 1 heterocycles. The molecule has 6 heteroatoms. The average molecular weight is 275 g/mol. The van der Waals surface area contributed by atoms with Gasteiger partial charge in [-0.2, -0.15) is 23.4 Å². The van der Waals surface area contributed by atoms with Crippen LogP contribution in [0.3, 0.4) is 0 Å². The summed E-state index contributed by atoms with van der Waals surface area (Å²) in [5.41, 5.74) is 2.21. The zero-order chi connectivity index (χ0) is 14.5. The SMILES string of the molecule is CCCNC(CCC(F)(F)F)c1cc(C)nnc1C. The fourth-order valence-corrected chi connectivity index (χ4v) is 1.92. The second-order valence-corrected chi connectivity index (χ2v) is 4.69. The van der Waals surface area contributed by atoms with Crippen LogP contribution in [0.5, 0.6) is 0 Å². The molecule has 0 aliphatic carbocycles. The third kappa shape index (κ3) is 5.55. The molecule has 0 amide bonds. The molecule has 1 aromatic heterocycles. The van der Waals surface area contributed by atoms with Gasteiger partial charge in [0.25, 0.3) is 0 Å². The normalized spacial score (nSPS) is 13.6. The van der Waals surface area contributed by atoms with Gasteiger partial charge in [-0.05, 0) is 44.9 Å². The van der Waals surface area contributed by atoms with Gasteiger partial charge in [0.05, 0.1) is 11.4 Å². The Balaban J connectivity index is 2.85. The van der Waals surface area contributed by atoms with E-state index >= 15 is 0 Å². The van der Waals surface area contributed by atoms with Crippen molar-refractivity contribution in [3.05, 3.63) is 23.0 Å². The molecule has 3 nitrogen and oxygen atoms in total. The third-order valence-corrected chi connectivity index (χ3v) is 2.87. The predicted octanol–water partition coefficient (Wildman–Crippen LogP) is 3.48. The minimum Gasteiger partial charge on any atom is -0.310 e. The van der Waals surface area contributed by atoms with Gasteiger partial charge >= 0.3 is 6.18 Å². The number of nitrogens with zero attached hydrogens (tertiary/aromatic N) is 2. The van der Waals surface area contributed by atoms with Crippen LogP contribution in [0.25, 0.3) is 0 Å². The summed E-state index contributed by atoms with van der Waals surface area (Å²) in [6, 6.07) is 1.49. The Labute approximate surface area is 111 Å². The number of nitrogens with one attached hydrogen (secondary N) is 1. The van der Waals surface area contributed by atoms with Crippen LogP contribution < -0.4 is 5.32 Å². The Morgan fingerprint density at radius 1 is 1.26 bits per heavy atom. The van der Waals surface area contributed by atoms with Crippen molar-refractivity contribution in [2.24, 2.45) is 0 Å². The van der Waals surface area contributed by atoms with Crippen molar-refractivity contribution in [2.75, 3.05) is 6.54 Å². The summed E-state index contributed by atoms with van der Waals surface area (Å²) >= 11 is 0. The van der Waals surface area contributed by atoms with Crippen molar-refractivity contribution in [1.29, 1.82) is 0 Å². The zero-order valence-electron chi connectivity index (χ0n) is 11.5. The van der Waals surface area contributed by atoms with Crippen molar-refractivity contribution in [2.45, 2.75) is 52.3 Å². The van der Waals surface area contributed by atoms with Crippen LogP contribution in [-0.2, 0) is 0 Å². The van der Waals surface area contributed by atoms with Crippen LogP contribution in [0.4, 0.5) is 13.2 Å².